The number of halogens is 4. The predicted octanol–water partition coefficient (Wildman–Crippen LogP) is 17.9. The van der Waals surface area contributed by atoms with Gasteiger partial charge in [-0.1, -0.05) is 82.6 Å². The molecule has 0 bridgehead atoms. The average molecular weight is 1590 g/mol. The molecule has 4 aromatic carbocycles. The Morgan fingerprint density at radius 2 is 0.772 bits per heavy atom. The van der Waals surface area contributed by atoms with Gasteiger partial charge in [0.1, 0.15) is 5.30 Å². The van der Waals surface area contributed by atoms with E-state index in [0.717, 1.165) is 141 Å². The van der Waals surface area contributed by atoms with Crippen molar-refractivity contribution in [3.05, 3.63) is 120 Å². The Hall–Kier alpha value is -0.443. The molecule has 11 rings (SSSR count). The first-order valence-electron chi connectivity index (χ1n) is 33.7. The minimum absolute atomic E-state index is 0. The number of rotatable bonds is 17. The Labute approximate surface area is 589 Å². The van der Waals surface area contributed by atoms with Gasteiger partial charge in [-0.25, -0.2) is 0 Å². The number of morpholine rings is 4. The maximum atomic E-state index is 5.82. The summed E-state index contributed by atoms with van der Waals surface area (Å²) in [5, 5.41) is 2.93. The number of hydrogen-bond acceptors (Lipinski definition) is 11. The van der Waals surface area contributed by atoms with Gasteiger partial charge in [0.25, 0.3) is 0 Å². The van der Waals surface area contributed by atoms with E-state index < -0.39 is 35.3 Å². The fourth-order valence-corrected chi connectivity index (χ4v) is 27.0. The normalized spacial score (nSPS) is 19.3. The second-order valence-corrected chi connectivity index (χ2v) is 43.6. The fraction of sp³-hybridized carbons (Fsp3) is 0.639. The van der Waals surface area contributed by atoms with Crippen molar-refractivity contribution in [3.8, 4) is 11.5 Å². The van der Waals surface area contributed by atoms with E-state index in [4.69, 9.17) is 71.9 Å². The van der Waals surface area contributed by atoms with Gasteiger partial charge in [-0.05, 0) is 103 Å². The molecule has 0 amide bonds. The molecule has 0 spiro atoms. The largest absolute Gasteiger partial charge is 0.382 e. The first kappa shape index (κ1) is 84.0. The molecule has 0 atom stereocenters. The molecular formula is C72H119Cl4N4O7P3Ru2+2. The van der Waals surface area contributed by atoms with Crippen LogP contribution in [0.15, 0.2) is 109 Å². The Balaban J connectivity index is 0.000000241. The Morgan fingerprint density at radius 1 is 0.457 bits per heavy atom. The van der Waals surface area contributed by atoms with Crippen molar-refractivity contribution in [1.29, 1.82) is 0 Å². The molecule has 20 heteroatoms. The maximum absolute atomic E-state index is 5.82. The van der Waals surface area contributed by atoms with E-state index in [-0.39, 0.29) is 43.2 Å². The standard InChI is InChI=1S/C18H33P.2C14H21N2O2P.2C10H12O.C4H10O.2CH4.4ClH.2Ru/c1-4-10-16(11-5-1)19(17-12-6-2-7-13-17)18-14-8-3-9-15-18;2*1-2-4-14(5-3-1)19(15-6-10-17-11-7-15)16-8-12-18-13-9-16;2*1-8(2)11-10-7-5-4-6-9(10)3;1-3-5-4-2;;;;;;;;/h16-18H,1-15H2;2*1-5H,6-13H2;2*3-8H,1-2H3;3-4H2,1-2H3;2*1H4;4*1H;;/q;;;;;;;;;;;;2*+2/p-2. The van der Waals surface area contributed by atoms with E-state index in [1.807, 2.05) is 99.3 Å². The van der Waals surface area contributed by atoms with Gasteiger partial charge in [0.15, 0.2) is 8.22 Å². The molecule has 4 saturated heterocycles. The van der Waals surface area contributed by atoms with E-state index in [1.165, 1.54) is 27.6 Å². The first-order valence-corrected chi connectivity index (χ1v) is 49.0. The Bertz CT molecular complexity index is 2310. The third-order valence-corrected chi connectivity index (χ3v) is 30.5. The van der Waals surface area contributed by atoms with Crippen LogP contribution in [-0.4, -0.2) is 176 Å². The molecule has 3 aliphatic carbocycles. The molecule has 526 valence electrons. The third-order valence-electron chi connectivity index (χ3n) is 16.7. The minimum Gasteiger partial charge on any atom is -0.382 e. The number of hydrogen-bond donors (Lipinski definition) is 0. The molecule has 11 nitrogen and oxygen atoms in total. The number of ether oxygens (including phenoxy) is 7. The first-order chi connectivity index (χ1) is 43.9. The van der Waals surface area contributed by atoms with Crippen LogP contribution in [0.1, 0.15) is 164 Å². The summed E-state index contributed by atoms with van der Waals surface area (Å²) in [6.45, 7) is 28.9. The number of para-hydroxylation sites is 2. The van der Waals surface area contributed by atoms with Gasteiger partial charge in [0, 0.05) is 52.6 Å². The fourth-order valence-electron chi connectivity index (χ4n) is 12.8. The smallest absolute Gasteiger partial charge is 0.173 e. The van der Waals surface area contributed by atoms with Crippen LogP contribution >= 0.6 is 63.1 Å². The summed E-state index contributed by atoms with van der Waals surface area (Å²) in [5.74, 6) is 1.70. The maximum Gasteiger partial charge on any atom is 0.173 e. The van der Waals surface area contributed by atoms with Crippen molar-refractivity contribution in [2.75, 3.05) is 118 Å². The van der Waals surface area contributed by atoms with Crippen molar-refractivity contribution in [2.24, 2.45) is 0 Å². The topological polar surface area (TPSA) is 77.6 Å². The second kappa shape index (κ2) is 50.8. The van der Waals surface area contributed by atoms with Crippen LogP contribution in [0.2, 0.25) is 0 Å². The Morgan fingerprint density at radius 3 is 1.09 bits per heavy atom. The van der Waals surface area contributed by atoms with Crippen molar-refractivity contribution < 1.29 is 60.2 Å². The zero-order chi connectivity index (χ0) is 64.0. The molecule has 7 fully saturated rings. The van der Waals surface area contributed by atoms with Crippen LogP contribution in [0.5, 0.6) is 11.5 Å². The Kier molecular flexibility index (Phi) is 46.4. The van der Waals surface area contributed by atoms with Crippen LogP contribution in [-0.2, 0) is 50.7 Å². The van der Waals surface area contributed by atoms with Crippen LogP contribution in [0, 0.1) is 0 Å². The molecule has 0 radical (unpaired) electrons. The van der Waals surface area contributed by atoms with Crippen LogP contribution in [0.25, 0.3) is 0 Å². The third kappa shape index (κ3) is 32.3. The minimum atomic E-state index is -1.77. The van der Waals surface area contributed by atoms with Gasteiger partial charge in [-0.15, -0.1) is 0 Å². The summed E-state index contributed by atoms with van der Waals surface area (Å²) in [6, 6.07) is 37.4. The molecule has 4 aromatic rings. The van der Waals surface area contributed by atoms with Gasteiger partial charge in [-0.2, -0.15) is 9.34 Å². The van der Waals surface area contributed by atoms with Crippen molar-refractivity contribution in [3.63, 3.8) is 0 Å². The van der Waals surface area contributed by atoms with Crippen LogP contribution in [0.4, 0.5) is 0 Å². The SMILES string of the molecule is C.C.C1CCC([PH+](C2CCCCC2)C2CCCCC2)CC1.CC(C)Oc1ccccc1[CH]=[Ru]([Cl])[Cl].CC(C)Oc1ccccc1[CH]=[Ru]([Cl])[Cl].CCOCC.c1ccc(P(N2CCOCC2)N2CCOCC2)cc1.c1ccc([PH+](N2CCOCC2)N2CCOCC2)cc1. The van der Waals surface area contributed by atoms with Crippen molar-refractivity contribution in [2.45, 2.75) is 182 Å². The quantitative estimate of drug-likeness (QED) is 0.0749. The zero-order valence-corrected chi connectivity index (χ0v) is 64.5. The zero-order valence-electron chi connectivity index (χ0n) is 55.1. The summed E-state index contributed by atoms with van der Waals surface area (Å²) in [7, 11) is 22.0. The summed E-state index contributed by atoms with van der Waals surface area (Å²) in [5.41, 5.74) is 5.66. The van der Waals surface area contributed by atoms with Gasteiger partial charge in [0.05, 0.1) is 104 Å². The monoisotopic (exact) mass is 1590 g/mol. The second-order valence-electron chi connectivity index (χ2n) is 24.0. The molecule has 0 unspecified atom stereocenters. The molecular weight excluding hydrogens is 1470 g/mol. The molecule has 4 heterocycles. The van der Waals surface area contributed by atoms with E-state index in [2.05, 4.69) is 79.3 Å². The van der Waals surface area contributed by atoms with Gasteiger partial charge < -0.3 is 23.7 Å². The molecule has 0 N–H and O–H groups in total. The number of benzene rings is 4. The van der Waals surface area contributed by atoms with Crippen molar-refractivity contribution in [1.82, 2.24) is 18.7 Å². The van der Waals surface area contributed by atoms with E-state index in [1.54, 1.807) is 96.3 Å². The molecule has 4 aliphatic heterocycles. The number of nitrogens with zero attached hydrogens (tertiary/aromatic N) is 4. The molecule has 7 aliphatic rings. The van der Waals surface area contributed by atoms with Gasteiger partial charge in [-0.3, -0.25) is 9.34 Å². The van der Waals surface area contributed by atoms with E-state index in [9.17, 15) is 0 Å². The summed E-state index contributed by atoms with van der Waals surface area (Å²) < 4.78 is 52.3. The molecule has 0 aromatic heterocycles. The van der Waals surface area contributed by atoms with Gasteiger partial charge in [0.2, 0.25) is 0 Å². The summed E-state index contributed by atoms with van der Waals surface area (Å²) in [4.78, 5) is 0. The van der Waals surface area contributed by atoms with E-state index >= 15 is 0 Å². The molecule has 92 heavy (non-hydrogen) atoms. The average Bonchev–Trinajstić information content (AvgIpc) is 1.25. The van der Waals surface area contributed by atoms with E-state index in [0.29, 0.717) is 0 Å². The summed E-state index contributed by atoms with van der Waals surface area (Å²) >= 11 is -3.54. The summed E-state index contributed by atoms with van der Waals surface area (Å²) in [6.07, 6.45) is 24.1. The molecule has 3 saturated carbocycles. The van der Waals surface area contributed by atoms with Crippen LogP contribution < -0.4 is 20.1 Å². The van der Waals surface area contributed by atoms with Gasteiger partial charge >= 0.3 is 196 Å². The predicted molar refractivity (Wildman–Crippen MR) is 400 cm³/mol. The van der Waals surface area contributed by atoms with Crippen LogP contribution in [0.3, 0.4) is 0 Å². The van der Waals surface area contributed by atoms with Crippen molar-refractivity contribution >= 4 is 83.0 Å².